The Morgan fingerprint density at radius 2 is 1.44 bits per heavy atom. The molecule has 2 aromatic carbocycles. The molecule has 0 saturated carbocycles. The van der Waals surface area contributed by atoms with Gasteiger partial charge in [0.2, 0.25) is 11.8 Å². The monoisotopic (exact) mass is 614 g/mol. The Bertz CT molecular complexity index is 1420. The summed E-state index contributed by atoms with van der Waals surface area (Å²) < 4.78 is 35.8. The van der Waals surface area contributed by atoms with Gasteiger partial charge in [0.15, 0.2) is 5.78 Å². The second kappa shape index (κ2) is 14.4. The number of hydrogen-bond donors (Lipinski definition) is 3. The van der Waals surface area contributed by atoms with E-state index in [4.69, 9.17) is 4.74 Å². The molecule has 10 nitrogen and oxygen atoms in total. The summed E-state index contributed by atoms with van der Waals surface area (Å²) in [4.78, 5) is 57.4. The molecular formula is C30H32F2N4O6S. The van der Waals surface area contributed by atoms with E-state index in [1.54, 1.807) is 74.5 Å². The van der Waals surface area contributed by atoms with Crippen LogP contribution in [-0.2, 0) is 36.7 Å². The van der Waals surface area contributed by atoms with Crippen molar-refractivity contribution in [3.63, 3.8) is 0 Å². The van der Waals surface area contributed by atoms with Crippen LogP contribution in [0.4, 0.5) is 8.78 Å². The number of carbonyl (C=O) groups excluding carboxylic acids is 4. The number of ketones is 1. The lowest BCUT2D eigenvalue weighted by Crippen LogP contribution is -2.58. The number of Topliss-reactive ketones (excluding diaryl/α,β-unsaturated/α-hetero) is 1. The Kier molecular flexibility index (Phi) is 10.7. The smallest absolute Gasteiger partial charge is 0.345 e. The highest BCUT2D eigenvalue weighted by molar-refractivity contribution is 7.13. The largest absolute Gasteiger partial charge is 0.361 e. The molecule has 1 saturated heterocycles. The molecule has 1 aromatic heterocycles. The van der Waals surface area contributed by atoms with Gasteiger partial charge < -0.3 is 25.4 Å². The fourth-order valence-corrected chi connectivity index (χ4v) is 5.01. The van der Waals surface area contributed by atoms with Gasteiger partial charge in [-0.1, -0.05) is 60.7 Å². The maximum atomic E-state index is 13.5. The van der Waals surface area contributed by atoms with Crippen LogP contribution in [0.25, 0.3) is 0 Å². The number of alkyl halides is 2. The third-order valence-electron chi connectivity index (χ3n) is 6.79. The Labute approximate surface area is 251 Å². The van der Waals surface area contributed by atoms with E-state index in [-0.39, 0.29) is 24.3 Å². The normalized spacial score (nSPS) is 17.9. The molecule has 1 aliphatic rings. The molecule has 228 valence electrons. The van der Waals surface area contributed by atoms with Crippen molar-refractivity contribution in [2.24, 2.45) is 0 Å². The van der Waals surface area contributed by atoms with Crippen molar-refractivity contribution < 1.29 is 37.4 Å². The first-order valence-corrected chi connectivity index (χ1v) is 14.4. The van der Waals surface area contributed by atoms with Gasteiger partial charge >= 0.3 is 6.61 Å². The van der Waals surface area contributed by atoms with E-state index in [1.165, 1.54) is 6.20 Å². The third kappa shape index (κ3) is 9.21. The molecule has 2 heterocycles. The average Bonchev–Trinajstić information content (AvgIpc) is 3.59. The summed E-state index contributed by atoms with van der Waals surface area (Å²) >= 11 is 1.14. The average molecular weight is 615 g/mol. The zero-order valence-corrected chi connectivity index (χ0v) is 24.4. The first kappa shape index (κ1) is 31.9. The highest BCUT2D eigenvalue weighted by atomic mass is 32.1. The molecule has 3 N–H and O–H groups in total. The van der Waals surface area contributed by atoms with Crippen molar-refractivity contribution in [3.8, 4) is 0 Å². The number of rotatable bonds is 15. The molecule has 4 rings (SSSR count). The Morgan fingerprint density at radius 1 is 0.907 bits per heavy atom. The Balaban J connectivity index is 1.53. The van der Waals surface area contributed by atoms with Crippen LogP contribution in [0.5, 0.6) is 0 Å². The second-order valence-electron chi connectivity index (χ2n) is 10.2. The number of aromatic nitrogens is 1. The number of halogens is 2. The van der Waals surface area contributed by atoms with Crippen LogP contribution in [0.15, 0.2) is 66.9 Å². The lowest BCUT2D eigenvalue weighted by molar-refractivity contribution is -0.148. The van der Waals surface area contributed by atoms with Gasteiger partial charge in [-0.2, -0.15) is 8.78 Å². The first-order chi connectivity index (χ1) is 20.5. The number of carbonyl (C=O) groups is 4. The molecular weight excluding hydrogens is 582 g/mol. The van der Waals surface area contributed by atoms with Crippen LogP contribution < -0.4 is 16.0 Å². The third-order valence-corrected chi connectivity index (χ3v) is 7.70. The molecule has 3 aromatic rings. The topological polar surface area (TPSA) is 139 Å². The Hall–Kier alpha value is -4.07. The van der Waals surface area contributed by atoms with Gasteiger partial charge in [-0.05, 0) is 31.4 Å². The van der Waals surface area contributed by atoms with Crippen LogP contribution in [-0.4, -0.2) is 72.0 Å². The minimum Gasteiger partial charge on any atom is -0.361 e. The molecule has 0 spiro atoms. The molecule has 4 atom stereocenters. The van der Waals surface area contributed by atoms with Gasteiger partial charge in [0.1, 0.15) is 22.6 Å². The van der Waals surface area contributed by atoms with E-state index in [9.17, 15) is 28.0 Å². The van der Waals surface area contributed by atoms with Crippen LogP contribution >= 0.6 is 11.3 Å². The maximum absolute atomic E-state index is 13.5. The maximum Gasteiger partial charge on any atom is 0.345 e. The summed E-state index contributed by atoms with van der Waals surface area (Å²) in [5.41, 5.74) is 0.378. The predicted octanol–water partition coefficient (Wildman–Crippen LogP) is 2.60. The Morgan fingerprint density at radius 3 is 1.95 bits per heavy atom. The number of aryl methyl sites for hydroxylation is 1. The lowest BCUT2D eigenvalue weighted by Gasteiger charge is -2.26. The number of benzene rings is 2. The van der Waals surface area contributed by atoms with Crippen molar-refractivity contribution in [3.05, 3.63) is 87.9 Å². The number of epoxide rings is 1. The summed E-state index contributed by atoms with van der Waals surface area (Å²) in [6.45, 7) is -0.591. The molecule has 43 heavy (non-hydrogen) atoms. The number of amides is 3. The van der Waals surface area contributed by atoms with E-state index >= 15 is 0 Å². The quantitative estimate of drug-likeness (QED) is 0.224. The number of nitrogens with one attached hydrogen (secondary N) is 3. The minimum absolute atomic E-state index is 0.0467. The number of nitrogens with zero attached hydrogens (tertiary/aromatic N) is 1. The van der Waals surface area contributed by atoms with E-state index < -0.39 is 60.4 Å². The van der Waals surface area contributed by atoms with E-state index in [1.807, 2.05) is 0 Å². The van der Waals surface area contributed by atoms with Gasteiger partial charge in [-0.15, -0.1) is 11.3 Å². The zero-order chi connectivity index (χ0) is 31.0. The minimum atomic E-state index is -3.22. The predicted molar refractivity (Wildman–Crippen MR) is 154 cm³/mol. The molecule has 3 amide bonds. The molecule has 13 heteroatoms. The van der Waals surface area contributed by atoms with Crippen molar-refractivity contribution in [2.75, 3.05) is 13.2 Å². The van der Waals surface area contributed by atoms with E-state index in [2.05, 4.69) is 25.7 Å². The molecule has 0 aliphatic carbocycles. The van der Waals surface area contributed by atoms with E-state index in [0.717, 1.165) is 16.9 Å². The number of thiazole rings is 1. The summed E-state index contributed by atoms with van der Waals surface area (Å²) in [6, 6.07) is 13.9. The summed E-state index contributed by atoms with van der Waals surface area (Å²) in [5, 5.41) is 8.34. The highest BCUT2D eigenvalue weighted by Gasteiger charge is 2.50. The van der Waals surface area contributed by atoms with Gasteiger partial charge in [-0.3, -0.25) is 19.2 Å². The molecule has 0 unspecified atom stereocenters. The molecule has 1 aliphatic heterocycles. The van der Waals surface area contributed by atoms with E-state index in [0.29, 0.717) is 10.6 Å². The molecule has 0 radical (unpaired) electrons. The second-order valence-corrected chi connectivity index (χ2v) is 11.5. The number of hydrogen-bond acceptors (Lipinski definition) is 8. The van der Waals surface area contributed by atoms with Crippen molar-refractivity contribution in [1.29, 1.82) is 0 Å². The van der Waals surface area contributed by atoms with Crippen LogP contribution in [0, 0.1) is 6.92 Å². The van der Waals surface area contributed by atoms with Crippen molar-refractivity contribution >= 4 is 34.8 Å². The fraction of sp³-hybridized carbons (Fsp3) is 0.367. The fourth-order valence-electron chi connectivity index (χ4n) is 4.33. The first-order valence-electron chi connectivity index (χ1n) is 13.5. The van der Waals surface area contributed by atoms with Gasteiger partial charge in [0, 0.05) is 6.42 Å². The summed E-state index contributed by atoms with van der Waals surface area (Å²) in [5.74, 6) is -2.66. The van der Waals surface area contributed by atoms with Gasteiger partial charge in [0.25, 0.3) is 5.91 Å². The highest BCUT2D eigenvalue weighted by Crippen LogP contribution is 2.29. The van der Waals surface area contributed by atoms with Gasteiger partial charge in [-0.25, -0.2) is 4.98 Å². The molecule has 1 fully saturated rings. The van der Waals surface area contributed by atoms with Crippen molar-refractivity contribution in [2.45, 2.75) is 57.0 Å². The van der Waals surface area contributed by atoms with Crippen LogP contribution in [0.3, 0.4) is 0 Å². The summed E-state index contributed by atoms with van der Waals surface area (Å²) in [6.07, 6.45) is 1.54. The van der Waals surface area contributed by atoms with Crippen molar-refractivity contribution in [1.82, 2.24) is 20.9 Å². The standard InChI is InChI=1S/C30H32F2N4O6S/c1-18-33-15-24(43-18)28(40)35-22(14-20-11-7-4-8-12-20)26(38)36-23(16-41-29(31)32)27(39)34-21(25(37)30(2)17-42-30)13-19-9-5-3-6-10-19/h3-12,15,21-23,29H,13-14,16-17H2,1-2H3,(H,34,39)(H,35,40)(H,36,38)/t21-,22-,23-,30+/m0/s1. The lowest BCUT2D eigenvalue weighted by atomic mass is 9.94. The van der Waals surface area contributed by atoms with Crippen LogP contribution in [0.2, 0.25) is 0 Å². The molecule has 0 bridgehead atoms. The SMILES string of the molecule is Cc1ncc(C(=O)N[C@@H](Cc2ccccc2)C(=O)N[C@@H](COC(F)F)C(=O)N[C@@H](Cc2ccccc2)C(=O)[C@@]2(C)CO2)s1. The number of ether oxygens (including phenoxy) is 2. The zero-order valence-electron chi connectivity index (χ0n) is 23.5. The van der Waals surface area contributed by atoms with Gasteiger partial charge in [0.05, 0.1) is 30.5 Å². The summed E-state index contributed by atoms with van der Waals surface area (Å²) in [7, 11) is 0. The van der Waals surface area contributed by atoms with Crippen LogP contribution in [0.1, 0.15) is 32.7 Å².